The van der Waals surface area contributed by atoms with Gasteiger partial charge in [-0.25, -0.2) is 0 Å². The van der Waals surface area contributed by atoms with Crippen LogP contribution >= 0.6 is 11.6 Å². The van der Waals surface area contributed by atoms with Crippen molar-refractivity contribution in [2.24, 2.45) is 0 Å². The van der Waals surface area contributed by atoms with Crippen LogP contribution in [0, 0.1) is 0 Å². The van der Waals surface area contributed by atoms with Crippen LogP contribution in [0.25, 0.3) is 0 Å². The molecule has 1 rings (SSSR count). The number of ketones is 1. The number of ether oxygens (including phenoxy) is 1. The van der Waals surface area contributed by atoms with Crippen molar-refractivity contribution in [1.82, 2.24) is 4.90 Å². The molecule has 0 radical (unpaired) electrons. The van der Waals surface area contributed by atoms with E-state index in [-0.39, 0.29) is 11.8 Å². The van der Waals surface area contributed by atoms with Gasteiger partial charge >= 0.3 is 0 Å². The lowest BCUT2D eigenvalue weighted by Crippen LogP contribution is -2.21. The Kier molecular flexibility index (Phi) is 5.63. The molecule has 0 saturated heterocycles. The first-order chi connectivity index (χ1) is 8.45. The van der Waals surface area contributed by atoms with Gasteiger partial charge in [0.1, 0.15) is 11.5 Å². The Bertz CT molecular complexity index is 418. The predicted molar refractivity (Wildman–Crippen MR) is 74.3 cm³/mol. The molecule has 1 aromatic rings. The van der Waals surface area contributed by atoms with Gasteiger partial charge in [-0.15, -0.1) is 0 Å². The van der Waals surface area contributed by atoms with Crippen molar-refractivity contribution >= 4 is 17.4 Å². The molecule has 0 aliphatic rings. The molecule has 100 valence electrons. The summed E-state index contributed by atoms with van der Waals surface area (Å²) in [5.41, 5.74) is 1.02. The SMILES string of the molecule is COc1ccc(Cl)cc1C(CCC(C)=O)N(C)C. The van der Waals surface area contributed by atoms with Crippen LogP contribution in [-0.4, -0.2) is 31.9 Å². The maximum Gasteiger partial charge on any atom is 0.129 e. The number of carbonyl (C=O) groups excluding carboxylic acids is 1. The first-order valence-corrected chi connectivity index (χ1v) is 6.32. The molecule has 0 bridgehead atoms. The lowest BCUT2D eigenvalue weighted by molar-refractivity contribution is -0.117. The van der Waals surface area contributed by atoms with Crippen molar-refractivity contribution in [2.75, 3.05) is 21.2 Å². The molecule has 0 aromatic heterocycles. The fourth-order valence-electron chi connectivity index (χ4n) is 2.00. The average molecular weight is 270 g/mol. The molecule has 4 heteroatoms. The Hall–Kier alpha value is -1.06. The summed E-state index contributed by atoms with van der Waals surface area (Å²) in [7, 11) is 5.63. The average Bonchev–Trinajstić information content (AvgIpc) is 2.28. The number of rotatable bonds is 6. The van der Waals surface area contributed by atoms with E-state index in [1.165, 1.54) is 0 Å². The number of carbonyl (C=O) groups is 1. The van der Waals surface area contributed by atoms with Crippen LogP contribution in [0.15, 0.2) is 18.2 Å². The number of benzene rings is 1. The summed E-state index contributed by atoms with van der Waals surface area (Å²) in [6.07, 6.45) is 1.32. The van der Waals surface area contributed by atoms with Gasteiger partial charge in [0.05, 0.1) is 7.11 Å². The van der Waals surface area contributed by atoms with Gasteiger partial charge < -0.3 is 14.4 Å². The van der Waals surface area contributed by atoms with Crippen molar-refractivity contribution in [3.8, 4) is 5.75 Å². The van der Waals surface area contributed by atoms with E-state index < -0.39 is 0 Å². The van der Waals surface area contributed by atoms with Crippen LogP contribution in [0.3, 0.4) is 0 Å². The number of nitrogens with zero attached hydrogens (tertiary/aromatic N) is 1. The highest BCUT2D eigenvalue weighted by Crippen LogP contribution is 2.33. The summed E-state index contributed by atoms with van der Waals surface area (Å²) >= 11 is 6.04. The zero-order valence-corrected chi connectivity index (χ0v) is 12.1. The van der Waals surface area contributed by atoms with E-state index in [4.69, 9.17) is 16.3 Å². The Morgan fingerprint density at radius 1 is 1.44 bits per heavy atom. The molecule has 0 heterocycles. The Morgan fingerprint density at radius 2 is 2.11 bits per heavy atom. The van der Waals surface area contributed by atoms with Crippen molar-refractivity contribution in [3.05, 3.63) is 28.8 Å². The number of hydrogen-bond acceptors (Lipinski definition) is 3. The Labute approximate surface area is 114 Å². The number of hydrogen-bond donors (Lipinski definition) is 0. The largest absolute Gasteiger partial charge is 0.496 e. The summed E-state index contributed by atoms with van der Waals surface area (Å²) in [5, 5.41) is 0.681. The van der Waals surface area contributed by atoms with Crippen LogP contribution in [0.1, 0.15) is 31.4 Å². The normalized spacial score (nSPS) is 12.6. The fraction of sp³-hybridized carbons (Fsp3) is 0.500. The van der Waals surface area contributed by atoms with Crippen LogP contribution < -0.4 is 4.74 Å². The summed E-state index contributed by atoms with van der Waals surface area (Å²) in [4.78, 5) is 13.2. The van der Waals surface area contributed by atoms with Crippen molar-refractivity contribution in [1.29, 1.82) is 0 Å². The lowest BCUT2D eigenvalue weighted by Gasteiger charge is -2.26. The standard InChI is InChI=1S/C14H20ClNO2/c1-10(17)5-7-13(16(2)3)12-9-11(15)6-8-14(12)18-4/h6,8-9,13H,5,7H2,1-4H3. The molecule has 1 unspecified atom stereocenters. The second-order valence-electron chi connectivity index (χ2n) is 4.61. The molecule has 0 aliphatic heterocycles. The third kappa shape index (κ3) is 4.00. The van der Waals surface area contributed by atoms with Crippen LogP contribution in [0.4, 0.5) is 0 Å². The van der Waals surface area contributed by atoms with Gasteiger partial charge in [0.25, 0.3) is 0 Å². The van der Waals surface area contributed by atoms with Gasteiger partial charge in [0.2, 0.25) is 0 Å². The van der Waals surface area contributed by atoms with Crippen molar-refractivity contribution in [2.45, 2.75) is 25.8 Å². The minimum Gasteiger partial charge on any atom is -0.496 e. The Balaban J connectivity index is 3.04. The summed E-state index contributed by atoms with van der Waals surface area (Å²) in [6, 6.07) is 5.71. The number of halogens is 1. The van der Waals surface area contributed by atoms with Gasteiger partial charge in [-0.2, -0.15) is 0 Å². The predicted octanol–water partition coefficient (Wildman–Crippen LogP) is 3.32. The quantitative estimate of drug-likeness (QED) is 0.793. The maximum atomic E-state index is 11.1. The molecule has 1 atom stereocenters. The third-order valence-electron chi connectivity index (χ3n) is 2.94. The minimum atomic E-state index is 0.127. The highest BCUT2D eigenvalue weighted by molar-refractivity contribution is 6.30. The molecule has 3 nitrogen and oxygen atoms in total. The summed E-state index contributed by atoms with van der Waals surface area (Å²) in [5.74, 6) is 1.00. The van der Waals surface area contributed by atoms with Crippen molar-refractivity contribution in [3.63, 3.8) is 0 Å². The molecule has 1 aromatic carbocycles. The molecule has 0 fully saturated rings. The maximum absolute atomic E-state index is 11.1. The first kappa shape index (κ1) is 15.0. The summed E-state index contributed by atoms with van der Waals surface area (Å²) < 4.78 is 5.37. The molecular formula is C14H20ClNO2. The molecule has 0 amide bonds. The molecular weight excluding hydrogens is 250 g/mol. The molecule has 0 spiro atoms. The van der Waals surface area contributed by atoms with E-state index in [9.17, 15) is 4.79 Å². The van der Waals surface area contributed by atoms with Crippen molar-refractivity contribution < 1.29 is 9.53 Å². The van der Waals surface area contributed by atoms with Gasteiger partial charge in [-0.3, -0.25) is 0 Å². The number of Topliss-reactive ketones (excluding diaryl/α,β-unsaturated/α-hetero) is 1. The van der Waals surface area contributed by atoms with Gasteiger partial charge in [0.15, 0.2) is 0 Å². The zero-order valence-electron chi connectivity index (χ0n) is 11.4. The van der Waals surface area contributed by atoms with Crippen LogP contribution in [0.5, 0.6) is 5.75 Å². The van der Waals surface area contributed by atoms with Gasteiger partial charge in [-0.1, -0.05) is 11.6 Å². The molecule has 0 aliphatic carbocycles. The molecule has 18 heavy (non-hydrogen) atoms. The second-order valence-corrected chi connectivity index (χ2v) is 5.04. The highest BCUT2D eigenvalue weighted by atomic mass is 35.5. The van der Waals surface area contributed by atoms with E-state index in [1.54, 1.807) is 14.0 Å². The third-order valence-corrected chi connectivity index (χ3v) is 3.18. The fourth-order valence-corrected chi connectivity index (χ4v) is 2.18. The first-order valence-electron chi connectivity index (χ1n) is 5.95. The minimum absolute atomic E-state index is 0.127. The lowest BCUT2D eigenvalue weighted by atomic mass is 9.99. The van der Waals surface area contributed by atoms with E-state index >= 15 is 0 Å². The van der Waals surface area contributed by atoms with Crippen LogP contribution in [0.2, 0.25) is 5.02 Å². The molecule has 0 N–H and O–H groups in total. The van der Waals surface area contributed by atoms with E-state index in [0.717, 1.165) is 17.7 Å². The monoisotopic (exact) mass is 269 g/mol. The van der Waals surface area contributed by atoms with E-state index in [0.29, 0.717) is 11.4 Å². The summed E-state index contributed by atoms with van der Waals surface area (Å²) in [6.45, 7) is 1.61. The van der Waals surface area contributed by atoms with Gasteiger partial charge in [0, 0.05) is 23.0 Å². The van der Waals surface area contributed by atoms with E-state index in [1.807, 2.05) is 32.3 Å². The topological polar surface area (TPSA) is 29.5 Å². The second kappa shape index (κ2) is 6.76. The Morgan fingerprint density at radius 3 is 2.61 bits per heavy atom. The highest BCUT2D eigenvalue weighted by Gasteiger charge is 2.19. The van der Waals surface area contributed by atoms with E-state index in [2.05, 4.69) is 4.90 Å². The van der Waals surface area contributed by atoms with Crippen LogP contribution in [-0.2, 0) is 4.79 Å². The number of methoxy groups -OCH3 is 1. The zero-order chi connectivity index (χ0) is 13.7. The smallest absolute Gasteiger partial charge is 0.129 e. The molecule has 0 saturated carbocycles. The van der Waals surface area contributed by atoms with Gasteiger partial charge in [-0.05, 0) is 45.6 Å².